The van der Waals surface area contributed by atoms with Gasteiger partial charge in [0.15, 0.2) is 17.3 Å². The lowest BCUT2D eigenvalue weighted by Crippen LogP contribution is -2.52. The Morgan fingerprint density at radius 1 is 1.11 bits per heavy atom. The molecule has 1 fully saturated rings. The molecule has 2 aromatic carbocycles. The van der Waals surface area contributed by atoms with Crippen LogP contribution in [0.5, 0.6) is 11.5 Å². The molecule has 1 atom stereocenters. The molecule has 2 aliphatic heterocycles. The summed E-state index contributed by atoms with van der Waals surface area (Å²) >= 11 is 5.94. The minimum absolute atomic E-state index is 0.0272. The molecule has 0 unspecified atom stereocenters. The van der Waals surface area contributed by atoms with Crippen LogP contribution in [0, 0.1) is 0 Å². The Morgan fingerprint density at radius 2 is 1.86 bits per heavy atom. The number of furan rings is 1. The van der Waals surface area contributed by atoms with Gasteiger partial charge < -0.3 is 29.3 Å². The van der Waals surface area contributed by atoms with Crippen LogP contribution in [0.4, 0.5) is 8.78 Å². The lowest BCUT2D eigenvalue weighted by Gasteiger charge is -2.27. The Balaban J connectivity index is 1.43. The third kappa shape index (κ3) is 4.83. The number of nitrogens with zero attached hydrogens (tertiary/aromatic N) is 2. The highest BCUT2D eigenvalue weighted by atomic mass is 35.5. The van der Waals surface area contributed by atoms with Crippen molar-refractivity contribution in [2.24, 2.45) is 5.16 Å². The highest BCUT2D eigenvalue weighted by molar-refractivity contribution is 6.31. The Kier molecular flexibility index (Phi) is 6.72. The minimum Gasteiger partial charge on any atom is -0.486 e. The van der Waals surface area contributed by atoms with Crippen molar-refractivity contribution in [3.8, 4) is 11.5 Å². The maximum atomic E-state index is 15.3. The summed E-state index contributed by atoms with van der Waals surface area (Å²) in [5.74, 6) is -5.40. The molecule has 0 aliphatic carbocycles. The molecule has 0 bridgehead atoms. The van der Waals surface area contributed by atoms with Crippen LogP contribution in [0.2, 0.25) is 5.02 Å². The topological polar surface area (TPSA) is 96.5 Å². The highest BCUT2D eigenvalue weighted by Crippen LogP contribution is 2.35. The molecule has 3 aromatic rings. The van der Waals surface area contributed by atoms with Crippen LogP contribution in [-0.2, 0) is 10.7 Å². The zero-order valence-corrected chi connectivity index (χ0v) is 19.9. The normalized spacial score (nSPS) is 17.4. The van der Waals surface area contributed by atoms with Crippen molar-refractivity contribution < 1.29 is 32.7 Å². The van der Waals surface area contributed by atoms with E-state index < -0.39 is 23.6 Å². The van der Waals surface area contributed by atoms with Gasteiger partial charge in [-0.1, -0.05) is 16.8 Å². The number of hydrogen-bond donors (Lipinski definition) is 2. The van der Waals surface area contributed by atoms with Crippen molar-refractivity contribution in [3.63, 3.8) is 0 Å². The predicted molar refractivity (Wildman–Crippen MR) is 128 cm³/mol. The van der Waals surface area contributed by atoms with Gasteiger partial charge in [0.25, 0.3) is 5.91 Å². The van der Waals surface area contributed by atoms with E-state index in [1.165, 1.54) is 18.2 Å². The highest BCUT2D eigenvalue weighted by Gasteiger charge is 2.46. The molecule has 36 heavy (non-hydrogen) atoms. The smallest absolute Gasteiger partial charge is 0.380 e. The standard InChI is InChI=1S/C25H24ClF2N3O5/c26-17-4-6-19-16(11-17)13-22(36-19)25(27,28)24(32)29-18(14-31-7-1-2-8-31)23(30-33)15-3-5-20-21(12-15)35-10-9-34-20/h3-6,11-13,18,33H,1-2,7-10,14H2,(H,29,32)/b30-23+/t18-/m1/s1. The lowest BCUT2D eigenvalue weighted by atomic mass is 10.0. The second kappa shape index (κ2) is 9.94. The molecule has 1 saturated heterocycles. The molecule has 5 rings (SSSR count). The predicted octanol–water partition coefficient (Wildman–Crippen LogP) is 4.41. The van der Waals surface area contributed by atoms with Crippen LogP contribution in [0.3, 0.4) is 0 Å². The van der Waals surface area contributed by atoms with Gasteiger partial charge in [-0.05, 0) is 68.4 Å². The number of nitrogens with one attached hydrogen (secondary N) is 1. The average Bonchev–Trinajstić information content (AvgIpc) is 3.54. The number of carbonyl (C=O) groups is 1. The quantitative estimate of drug-likeness (QED) is 0.273. The largest absolute Gasteiger partial charge is 0.486 e. The summed E-state index contributed by atoms with van der Waals surface area (Å²) in [6.45, 7) is 2.43. The number of alkyl halides is 2. The first-order chi connectivity index (χ1) is 17.3. The average molecular weight is 520 g/mol. The second-order valence-corrected chi connectivity index (χ2v) is 9.18. The summed E-state index contributed by atoms with van der Waals surface area (Å²) in [7, 11) is 0. The number of ether oxygens (including phenoxy) is 2. The van der Waals surface area contributed by atoms with Gasteiger partial charge >= 0.3 is 5.92 Å². The van der Waals surface area contributed by atoms with E-state index in [9.17, 15) is 10.0 Å². The van der Waals surface area contributed by atoms with Gasteiger partial charge in [-0.15, -0.1) is 0 Å². The number of amides is 1. The molecule has 0 spiro atoms. The number of halogens is 3. The molecule has 8 nitrogen and oxygen atoms in total. The van der Waals surface area contributed by atoms with Gasteiger partial charge in [0, 0.05) is 22.5 Å². The van der Waals surface area contributed by atoms with E-state index in [0.29, 0.717) is 40.7 Å². The fourth-order valence-electron chi connectivity index (χ4n) is 4.48. The molecular formula is C25H24ClF2N3O5. The summed E-state index contributed by atoms with van der Waals surface area (Å²) in [6, 6.07) is 9.40. The van der Waals surface area contributed by atoms with Gasteiger partial charge in [-0.25, -0.2) is 0 Å². The number of hydrogen-bond acceptors (Lipinski definition) is 7. The van der Waals surface area contributed by atoms with Crippen LogP contribution in [0.15, 0.2) is 52.0 Å². The first kappa shape index (κ1) is 24.3. The van der Waals surface area contributed by atoms with Crippen LogP contribution in [-0.4, -0.2) is 60.6 Å². The number of likely N-dealkylation sites (tertiary alicyclic amines) is 1. The van der Waals surface area contributed by atoms with Crippen LogP contribution < -0.4 is 14.8 Å². The number of fused-ring (bicyclic) bond motifs is 2. The van der Waals surface area contributed by atoms with E-state index in [2.05, 4.69) is 10.5 Å². The zero-order chi connectivity index (χ0) is 25.3. The van der Waals surface area contributed by atoms with Gasteiger partial charge in [0.05, 0.1) is 6.04 Å². The van der Waals surface area contributed by atoms with Crippen LogP contribution >= 0.6 is 11.6 Å². The third-order valence-electron chi connectivity index (χ3n) is 6.29. The van der Waals surface area contributed by atoms with Gasteiger partial charge in [0.2, 0.25) is 0 Å². The Morgan fingerprint density at radius 3 is 2.61 bits per heavy atom. The molecule has 0 radical (unpaired) electrons. The van der Waals surface area contributed by atoms with E-state index in [0.717, 1.165) is 32.0 Å². The monoisotopic (exact) mass is 519 g/mol. The van der Waals surface area contributed by atoms with E-state index in [-0.39, 0.29) is 17.8 Å². The van der Waals surface area contributed by atoms with Gasteiger partial charge in [-0.2, -0.15) is 8.78 Å². The summed E-state index contributed by atoms with van der Waals surface area (Å²) in [5, 5.41) is 16.4. The Labute approximate surface area is 210 Å². The molecule has 2 N–H and O–H groups in total. The molecular weight excluding hydrogens is 496 g/mol. The molecule has 1 aromatic heterocycles. The van der Waals surface area contributed by atoms with Gasteiger partial charge in [0.1, 0.15) is 24.5 Å². The van der Waals surface area contributed by atoms with E-state index >= 15 is 8.78 Å². The third-order valence-corrected chi connectivity index (χ3v) is 6.53. The SMILES string of the molecule is O=C(N[C@H](CN1CCCC1)/C(=N/O)c1ccc2c(c1)OCCO2)C(F)(F)c1cc2cc(Cl)ccc2o1. The molecule has 0 saturated carbocycles. The van der Waals surface area contributed by atoms with Crippen molar-refractivity contribution in [1.29, 1.82) is 0 Å². The van der Waals surface area contributed by atoms with Crippen molar-refractivity contribution >= 4 is 34.2 Å². The first-order valence-corrected chi connectivity index (χ1v) is 12.0. The molecule has 190 valence electrons. The number of oxime groups is 1. The maximum absolute atomic E-state index is 15.3. The van der Waals surface area contributed by atoms with Crippen LogP contribution in [0.25, 0.3) is 11.0 Å². The lowest BCUT2D eigenvalue weighted by molar-refractivity contribution is -0.149. The van der Waals surface area contributed by atoms with Crippen LogP contribution in [0.1, 0.15) is 24.2 Å². The summed E-state index contributed by atoms with van der Waals surface area (Å²) in [6.07, 6.45) is 1.90. The maximum Gasteiger partial charge on any atom is 0.380 e. The summed E-state index contributed by atoms with van der Waals surface area (Å²) in [4.78, 5) is 15.0. The van der Waals surface area contributed by atoms with Crippen molar-refractivity contribution in [2.75, 3.05) is 32.8 Å². The van der Waals surface area contributed by atoms with Crippen molar-refractivity contribution in [3.05, 3.63) is 58.8 Å². The molecule has 11 heteroatoms. The number of carbonyl (C=O) groups excluding carboxylic acids is 1. The summed E-state index contributed by atoms with van der Waals surface area (Å²) < 4.78 is 46.9. The Hall–Kier alpha value is -3.37. The Bertz CT molecular complexity index is 1310. The van der Waals surface area contributed by atoms with E-state index in [4.69, 9.17) is 25.5 Å². The minimum atomic E-state index is -3.98. The summed E-state index contributed by atoms with van der Waals surface area (Å²) in [5.41, 5.74) is 0.622. The fraction of sp³-hybridized carbons (Fsp3) is 0.360. The van der Waals surface area contributed by atoms with Crippen molar-refractivity contribution in [2.45, 2.75) is 24.8 Å². The zero-order valence-electron chi connectivity index (χ0n) is 19.2. The molecule has 2 aliphatic rings. The number of rotatable bonds is 7. The fourth-order valence-corrected chi connectivity index (χ4v) is 4.67. The van der Waals surface area contributed by atoms with Gasteiger partial charge in [-0.3, -0.25) is 4.79 Å². The van der Waals surface area contributed by atoms with E-state index in [1.54, 1.807) is 18.2 Å². The number of benzene rings is 2. The van der Waals surface area contributed by atoms with E-state index in [1.807, 2.05) is 4.90 Å². The molecule has 3 heterocycles. The molecule has 1 amide bonds. The van der Waals surface area contributed by atoms with Crippen molar-refractivity contribution in [1.82, 2.24) is 10.2 Å². The first-order valence-electron chi connectivity index (χ1n) is 11.6. The second-order valence-electron chi connectivity index (χ2n) is 8.74.